The Hall–Kier alpha value is -1.90. The van der Waals surface area contributed by atoms with Gasteiger partial charge in [0.1, 0.15) is 0 Å². The third kappa shape index (κ3) is 2.13. The topological polar surface area (TPSA) is 45.8 Å². The lowest BCUT2D eigenvalue weighted by Gasteiger charge is -2.09. The molecule has 1 heterocycles. The van der Waals surface area contributed by atoms with Crippen LogP contribution in [0, 0.1) is 13.8 Å². The van der Waals surface area contributed by atoms with E-state index in [1.54, 1.807) is 0 Å². The Morgan fingerprint density at radius 1 is 1.29 bits per heavy atom. The highest BCUT2D eigenvalue weighted by molar-refractivity contribution is 5.67. The fraction of sp³-hybridized carbons (Fsp3) is 0.286. The van der Waals surface area contributed by atoms with Gasteiger partial charge in [-0.1, -0.05) is 24.6 Å². The lowest BCUT2D eigenvalue weighted by Crippen LogP contribution is -2.14. The summed E-state index contributed by atoms with van der Waals surface area (Å²) in [5, 5.41) is 0. The van der Waals surface area contributed by atoms with Crippen LogP contribution in [0.4, 0.5) is 0 Å². The van der Waals surface area contributed by atoms with Crippen molar-refractivity contribution in [2.45, 2.75) is 27.2 Å². The summed E-state index contributed by atoms with van der Waals surface area (Å²) in [4.78, 5) is 18.7. The number of nitrogens with zero attached hydrogens (tertiary/aromatic N) is 1. The Balaban J connectivity index is 2.72. The van der Waals surface area contributed by atoms with Gasteiger partial charge in [-0.3, -0.25) is 4.79 Å². The average Bonchev–Trinajstić information content (AvgIpc) is 2.32. The number of hydrogen-bond donors (Lipinski definition) is 1. The summed E-state index contributed by atoms with van der Waals surface area (Å²) in [6, 6.07) is 6.21. The second-order valence-electron chi connectivity index (χ2n) is 4.23. The summed E-state index contributed by atoms with van der Waals surface area (Å²) in [5.74, 6) is 0. The molecule has 2 aromatic rings. The summed E-state index contributed by atoms with van der Waals surface area (Å²) >= 11 is 0. The number of hydrogen-bond acceptors (Lipinski definition) is 2. The molecule has 0 radical (unpaired) electrons. The van der Waals surface area contributed by atoms with E-state index < -0.39 is 0 Å². The molecule has 0 aliphatic heterocycles. The third-order valence-electron chi connectivity index (χ3n) is 2.95. The number of aromatic nitrogens is 2. The number of nitrogens with one attached hydrogen (secondary N) is 1. The molecule has 0 amide bonds. The molecule has 0 spiro atoms. The van der Waals surface area contributed by atoms with E-state index in [9.17, 15) is 4.79 Å². The summed E-state index contributed by atoms with van der Waals surface area (Å²) in [5.41, 5.74) is 4.88. The largest absolute Gasteiger partial charge is 0.313 e. The molecule has 1 N–H and O–H groups in total. The van der Waals surface area contributed by atoms with Gasteiger partial charge in [0.2, 0.25) is 0 Å². The van der Waals surface area contributed by atoms with Crippen LogP contribution in [0.5, 0.6) is 0 Å². The minimum atomic E-state index is -0.0431. The molecule has 17 heavy (non-hydrogen) atoms. The molecule has 1 aromatic heterocycles. The number of rotatable bonds is 2. The van der Waals surface area contributed by atoms with E-state index in [2.05, 4.69) is 28.2 Å². The van der Waals surface area contributed by atoms with Crippen LogP contribution >= 0.6 is 0 Å². The van der Waals surface area contributed by atoms with E-state index in [1.807, 2.05) is 20.8 Å². The maximum absolute atomic E-state index is 11.7. The first-order valence-corrected chi connectivity index (χ1v) is 5.77. The van der Waals surface area contributed by atoms with Crippen molar-refractivity contribution in [3.8, 4) is 11.3 Å². The smallest absolute Gasteiger partial charge is 0.254 e. The van der Waals surface area contributed by atoms with Crippen LogP contribution < -0.4 is 5.56 Å². The summed E-state index contributed by atoms with van der Waals surface area (Å²) in [7, 11) is 0. The van der Waals surface area contributed by atoms with Crippen LogP contribution in [-0.2, 0) is 6.42 Å². The van der Waals surface area contributed by atoms with E-state index >= 15 is 0 Å². The lowest BCUT2D eigenvalue weighted by molar-refractivity contribution is 1.01. The Kier molecular flexibility index (Phi) is 3.09. The normalized spacial score (nSPS) is 10.5. The fourth-order valence-electron chi connectivity index (χ4n) is 1.98. The molecule has 0 aliphatic rings. The number of benzene rings is 1. The Morgan fingerprint density at radius 3 is 2.76 bits per heavy atom. The van der Waals surface area contributed by atoms with Crippen molar-refractivity contribution in [1.82, 2.24) is 9.97 Å². The quantitative estimate of drug-likeness (QED) is 0.858. The number of aryl methyl sites for hydroxylation is 2. The molecule has 0 unspecified atom stereocenters. The molecule has 0 saturated carbocycles. The molecular weight excluding hydrogens is 212 g/mol. The van der Waals surface area contributed by atoms with Crippen LogP contribution in [-0.4, -0.2) is 9.97 Å². The van der Waals surface area contributed by atoms with Crippen molar-refractivity contribution in [1.29, 1.82) is 0 Å². The van der Waals surface area contributed by atoms with Gasteiger partial charge < -0.3 is 4.98 Å². The summed E-state index contributed by atoms with van der Waals surface area (Å²) in [6.07, 6.45) is 2.16. The number of H-pyrrole nitrogens is 1. The van der Waals surface area contributed by atoms with Gasteiger partial charge in [-0.2, -0.15) is 0 Å². The molecular formula is C14H16N2O. The van der Waals surface area contributed by atoms with Gasteiger partial charge in [-0.15, -0.1) is 0 Å². The molecule has 88 valence electrons. The zero-order chi connectivity index (χ0) is 12.4. The van der Waals surface area contributed by atoms with Gasteiger partial charge in [-0.25, -0.2) is 4.98 Å². The molecule has 0 bridgehead atoms. The third-order valence-corrected chi connectivity index (χ3v) is 2.95. The molecule has 3 heteroatoms. The van der Waals surface area contributed by atoms with Crippen molar-refractivity contribution >= 4 is 0 Å². The van der Waals surface area contributed by atoms with Gasteiger partial charge in [0, 0.05) is 11.1 Å². The first-order chi connectivity index (χ1) is 8.13. The monoisotopic (exact) mass is 228 g/mol. The van der Waals surface area contributed by atoms with Gasteiger partial charge >= 0.3 is 0 Å². The molecule has 0 fully saturated rings. The minimum Gasteiger partial charge on any atom is -0.313 e. The molecule has 0 aliphatic carbocycles. The molecule has 1 aromatic carbocycles. The maximum atomic E-state index is 11.7. The van der Waals surface area contributed by atoms with E-state index in [0.29, 0.717) is 6.42 Å². The first-order valence-electron chi connectivity index (χ1n) is 5.77. The molecule has 0 saturated heterocycles. The van der Waals surface area contributed by atoms with Crippen LogP contribution in [0.1, 0.15) is 23.6 Å². The fourth-order valence-corrected chi connectivity index (χ4v) is 1.98. The molecule has 2 rings (SSSR count). The van der Waals surface area contributed by atoms with Crippen LogP contribution in [0.25, 0.3) is 11.3 Å². The van der Waals surface area contributed by atoms with Crippen molar-refractivity contribution in [2.75, 3.05) is 0 Å². The highest BCUT2D eigenvalue weighted by Crippen LogP contribution is 2.24. The predicted molar refractivity (Wildman–Crippen MR) is 69.1 cm³/mol. The zero-order valence-corrected chi connectivity index (χ0v) is 10.4. The summed E-state index contributed by atoms with van der Waals surface area (Å²) < 4.78 is 0. The van der Waals surface area contributed by atoms with Crippen molar-refractivity contribution in [2.24, 2.45) is 0 Å². The minimum absolute atomic E-state index is 0.0431. The maximum Gasteiger partial charge on any atom is 0.254 e. The second-order valence-corrected chi connectivity index (χ2v) is 4.23. The lowest BCUT2D eigenvalue weighted by atomic mass is 9.99. The highest BCUT2D eigenvalue weighted by Gasteiger charge is 2.11. The Labute approximate surface area is 101 Å². The van der Waals surface area contributed by atoms with Crippen LogP contribution in [0.3, 0.4) is 0 Å². The van der Waals surface area contributed by atoms with Crippen molar-refractivity contribution in [3.05, 3.63) is 51.6 Å². The Morgan fingerprint density at radius 2 is 2.06 bits per heavy atom. The average molecular weight is 228 g/mol. The van der Waals surface area contributed by atoms with Gasteiger partial charge in [0.25, 0.3) is 5.56 Å². The zero-order valence-electron chi connectivity index (χ0n) is 10.4. The SMILES string of the molecule is CCc1c(-c2cc(C)ccc2C)nc[nH]c1=O. The van der Waals surface area contributed by atoms with Gasteiger partial charge in [0.15, 0.2) is 0 Å². The van der Waals surface area contributed by atoms with Crippen LogP contribution in [0.2, 0.25) is 0 Å². The predicted octanol–water partition coefficient (Wildman–Crippen LogP) is 2.62. The number of aromatic amines is 1. The highest BCUT2D eigenvalue weighted by atomic mass is 16.1. The van der Waals surface area contributed by atoms with E-state index in [1.165, 1.54) is 11.9 Å². The molecule has 3 nitrogen and oxygen atoms in total. The van der Waals surface area contributed by atoms with Gasteiger partial charge in [-0.05, 0) is 31.9 Å². The van der Waals surface area contributed by atoms with Gasteiger partial charge in [0.05, 0.1) is 12.0 Å². The van der Waals surface area contributed by atoms with Crippen molar-refractivity contribution in [3.63, 3.8) is 0 Å². The Bertz CT molecular complexity index is 599. The molecule has 0 atom stereocenters. The van der Waals surface area contributed by atoms with Crippen LogP contribution in [0.15, 0.2) is 29.3 Å². The standard InChI is InChI=1S/C14H16N2O/c1-4-11-13(15-8-16-14(11)17)12-7-9(2)5-6-10(12)3/h5-8H,4H2,1-3H3,(H,15,16,17). The summed E-state index contributed by atoms with van der Waals surface area (Å²) in [6.45, 7) is 6.06. The second kappa shape index (κ2) is 4.53. The van der Waals surface area contributed by atoms with Crippen molar-refractivity contribution < 1.29 is 0 Å². The van der Waals surface area contributed by atoms with E-state index in [4.69, 9.17) is 0 Å². The van der Waals surface area contributed by atoms with E-state index in [0.717, 1.165) is 22.4 Å². The first kappa shape index (κ1) is 11.6. The van der Waals surface area contributed by atoms with E-state index in [-0.39, 0.29) is 5.56 Å².